The highest BCUT2D eigenvalue weighted by molar-refractivity contribution is 14.1. The lowest BCUT2D eigenvalue weighted by atomic mass is 10.2. The second kappa shape index (κ2) is 5.54. The number of hydrogen-bond donors (Lipinski definition) is 0. The Hall–Kier alpha value is -1.01. The van der Waals surface area contributed by atoms with E-state index >= 15 is 0 Å². The van der Waals surface area contributed by atoms with Gasteiger partial charge in [-0.05, 0) is 59.0 Å². The Bertz CT molecular complexity index is 612. The zero-order valence-electron chi connectivity index (χ0n) is 10.2. The number of amides is 1. The average molecular weight is 381 g/mol. The Morgan fingerprint density at radius 1 is 1.11 bits per heavy atom. The quantitative estimate of drug-likeness (QED) is 0.695. The standard InChI is InChI=1S/C15H12INOS/c16-12-7-5-11(6-8-12)15(18)17-9-10-19-14-4-2-1-3-13(14)17/h1-8H,9-10H2. The molecule has 19 heavy (non-hydrogen) atoms. The molecular formula is C15H12INOS. The lowest BCUT2D eigenvalue weighted by molar-refractivity contribution is 0.0987. The first-order chi connectivity index (χ1) is 9.25. The minimum atomic E-state index is 0.0872. The summed E-state index contributed by atoms with van der Waals surface area (Å²) in [4.78, 5) is 15.7. The molecule has 1 aliphatic heterocycles. The first kappa shape index (κ1) is 13.0. The van der Waals surface area contributed by atoms with Crippen molar-refractivity contribution in [1.82, 2.24) is 0 Å². The van der Waals surface area contributed by atoms with Crippen LogP contribution in [-0.4, -0.2) is 18.2 Å². The van der Waals surface area contributed by atoms with Gasteiger partial charge in [-0.1, -0.05) is 12.1 Å². The molecule has 0 saturated carbocycles. The van der Waals surface area contributed by atoms with Crippen molar-refractivity contribution >= 4 is 45.9 Å². The van der Waals surface area contributed by atoms with Gasteiger partial charge in [0, 0.05) is 26.3 Å². The van der Waals surface area contributed by atoms with Crippen LogP contribution in [-0.2, 0) is 0 Å². The van der Waals surface area contributed by atoms with E-state index in [0.29, 0.717) is 0 Å². The SMILES string of the molecule is O=C(c1ccc(I)cc1)N1CCSc2ccccc21. The molecule has 96 valence electrons. The van der Waals surface area contributed by atoms with Crippen molar-refractivity contribution in [2.45, 2.75) is 4.90 Å². The van der Waals surface area contributed by atoms with Gasteiger partial charge >= 0.3 is 0 Å². The maximum Gasteiger partial charge on any atom is 0.258 e. The number of hydrogen-bond acceptors (Lipinski definition) is 2. The fourth-order valence-electron chi connectivity index (χ4n) is 2.13. The zero-order valence-corrected chi connectivity index (χ0v) is 13.1. The Morgan fingerprint density at radius 3 is 2.63 bits per heavy atom. The van der Waals surface area contributed by atoms with Gasteiger partial charge in [0.15, 0.2) is 0 Å². The van der Waals surface area contributed by atoms with Crippen LogP contribution in [0.1, 0.15) is 10.4 Å². The summed E-state index contributed by atoms with van der Waals surface area (Å²) in [6.07, 6.45) is 0. The van der Waals surface area contributed by atoms with E-state index in [4.69, 9.17) is 0 Å². The molecule has 4 heteroatoms. The Morgan fingerprint density at radius 2 is 1.84 bits per heavy atom. The molecule has 2 nitrogen and oxygen atoms in total. The average Bonchev–Trinajstić information content (AvgIpc) is 2.47. The van der Waals surface area contributed by atoms with Gasteiger partial charge in [-0.2, -0.15) is 0 Å². The topological polar surface area (TPSA) is 20.3 Å². The second-order valence-electron chi connectivity index (χ2n) is 4.28. The van der Waals surface area contributed by atoms with Crippen molar-refractivity contribution < 1.29 is 4.79 Å². The number of rotatable bonds is 1. The lowest BCUT2D eigenvalue weighted by Crippen LogP contribution is -2.35. The van der Waals surface area contributed by atoms with E-state index < -0.39 is 0 Å². The maximum absolute atomic E-state index is 12.6. The summed E-state index contributed by atoms with van der Waals surface area (Å²) < 4.78 is 1.14. The van der Waals surface area contributed by atoms with E-state index in [1.807, 2.05) is 59.1 Å². The van der Waals surface area contributed by atoms with Crippen LogP contribution in [0.5, 0.6) is 0 Å². The van der Waals surface area contributed by atoms with Crippen LogP contribution < -0.4 is 4.90 Å². The Kier molecular flexibility index (Phi) is 3.79. The van der Waals surface area contributed by atoms with Gasteiger partial charge in [-0.3, -0.25) is 4.79 Å². The van der Waals surface area contributed by atoms with Crippen molar-refractivity contribution in [3.05, 3.63) is 57.7 Å². The molecule has 0 unspecified atom stereocenters. The lowest BCUT2D eigenvalue weighted by Gasteiger charge is -2.29. The van der Waals surface area contributed by atoms with Gasteiger partial charge in [0.1, 0.15) is 0 Å². The van der Waals surface area contributed by atoms with E-state index in [0.717, 1.165) is 27.1 Å². The van der Waals surface area contributed by atoms with Crippen molar-refractivity contribution in [2.75, 3.05) is 17.2 Å². The van der Waals surface area contributed by atoms with E-state index in [-0.39, 0.29) is 5.91 Å². The number of anilines is 1. The minimum absolute atomic E-state index is 0.0872. The van der Waals surface area contributed by atoms with Crippen LogP contribution in [0.2, 0.25) is 0 Å². The molecule has 1 heterocycles. The van der Waals surface area contributed by atoms with E-state index in [1.54, 1.807) is 0 Å². The van der Waals surface area contributed by atoms with Gasteiger partial charge in [0.25, 0.3) is 5.91 Å². The molecule has 3 rings (SSSR count). The molecule has 1 amide bonds. The van der Waals surface area contributed by atoms with Crippen LogP contribution >= 0.6 is 34.4 Å². The monoisotopic (exact) mass is 381 g/mol. The third-order valence-electron chi connectivity index (χ3n) is 3.06. The van der Waals surface area contributed by atoms with Crippen LogP contribution in [0, 0.1) is 3.57 Å². The number of fused-ring (bicyclic) bond motifs is 1. The Balaban J connectivity index is 1.95. The van der Waals surface area contributed by atoms with E-state index in [2.05, 4.69) is 28.7 Å². The molecule has 0 saturated heterocycles. The van der Waals surface area contributed by atoms with Crippen molar-refractivity contribution in [1.29, 1.82) is 0 Å². The second-order valence-corrected chi connectivity index (χ2v) is 6.66. The number of halogens is 1. The van der Waals surface area contributed by atoms with Gasteiger partial charge in [0.05, 0.1) is 5.69 Å². The highest BCUT2D eigenvalue weighted by Gasteiger charge is 2.23. The van der Waals surface area contributed by atoms with Gasteiger partial charge in [-0.25, -0.2) is 0 Å². The third kappa shape index (κ3) is 2.65. The number of thioether (sulfide) groups is 1. The smallest absolute Gasteiger partial charge is 0.258 e. The summed E-state index contributed by atoms with van der Waals surface area (Å²) >= 11 is 4.06. The normalized spacial score (nSPS) is 14.1. The molecule has 0 aromatic heterocycles. The predicted octanol–water partition coefficient (Wildman–Crippen LogP) is 4.04. The molecule has 2 aromatic rings. The number of para-hydroxylation sites is 1. The largest absolute Gasteiger partial charge is 0.306 e. The number of benzene rings is 2. The van der Waals surface area contributed by atoms with Gasteiger partial charge in [0.2, 0.25) is 0 Å². The summed E-state index contributed by atoms with van der Waals surface area (Å²) in [6, 6.07) is 15.8. The molecule has 2 aromatic carbocycles. The highest BCUT2D eigenvalue weighted by atomic mass is 127. The molecule has 1 aliphatic rings. The van der Waals surface area contributed by atoms with Crippen LogP contribution in [0.15, 0.2) is 53.4 Å². The fraction of sp³-hybridized carbons (Fsp3) is 0.133. The maximum atomic E-state index is 12.6. The molecular weight excluding hydrogens is 369 g/mol. The molecule has 0 spiro atoms. The highest BCUT2D eigenvalue weighted by Crippen LogP contribution is 2.35. The molecule has 0 bridgehead atoms. The van der Waals surface area contributed by atoms with Gasteiger partial charge < -0.3 is 4.90 Å². The van der Waals surface area contributed by atoms with Crippen LogP contribution in [0.3, 0.4) is 0 Å². The predicted molar refractivity (Wildman–Crippen MR) is 88.0 cm³/mol. The van der Waals surface area contributed by atoms with E-state index in [1.165, 1.54) is 4.90 Å². The molecule has 0 N–H and O–H groups in total. The fourth-order valence-corrected chi connectivity index (χ4v) is 3.48. The summed E-state index contributed by atoms with van der Waals surface area (Å²) in [5.74, 6) is 1.04. The summed E-state index contributed by atoms with van der Waals surface area (Å²) in [7, 11) is 0. The number of carbonyl (C=O) groups excluding carboxylic acids is 1. The molecule has 0 radical (unpaired) electrons. The minimum Gasteiger partial charge on any atom is -0.306 e. The Labute approximate surface area is 130 Å². The zero-order chi connectivity index (χ0) is 13.2. The molecule has 0 aliphatic carbocycles. The summed E-state index contributed by atoms with van der Waals surface area (Å²) in [5, 5.41) is 0. The van der Waals surface area contributed by atoms with Crippen LogP contribution in [0.25, 0.3) is 0 Å². The van der Waals surface area contributed by atoms with E-state index in [9.17, 15) is 4.79 Å². The summed E-state index contributed by atoms with van der Waals surface area (Å²) in [6.45, 7) is 0.770. The third-order valence-corrected chi connectivity index (χ3v) is 4.83. The van der Waals surface area contributed by atoms with Crippen molar-refractivity contribution in [3.63, 3.8) is 0 Å². The number of carbonyl (C=O) groups is 1. The van der Waals surface area contributed by atoms with Crippen LogP contribution in [0.4, 0.5) is 5.69 Å². The molecule has 0 atom stereocenters. The van der Waals surface area contributed by atoms with Crippen molar-refractivity contribution in [3.8, 4) is 0 Å². The van der Waals surface area contributed by atoms with Gasteiger partial charge in [-0.15, -0.1) is 11.8 Å². The summed E-state index contributed by atoms with van der Waals surface area (Å²) in [5.41, 5.74) is 1.78. The number of nitrogens with zero attached hydrogens (tertiary/aromatic N) is 1. The first-order valence-corrected chi connectivity index (χ1v) is 8.11. The molecule has 0 fully saturated rings. The first-order valence-electron chi connectivity index (χ1n) is 6.05. The van der Waals surface area contributed by atoms with Crippen molar-refractivity contribution in [2.24, 2.45) is 0 Å².